The van der Waals surface area contributed by atoms with E-state index in [4.69, 9.17) is 4.74 Å². The van der Waals surface area contributed by atoms with E-state index in [1.807, 2.05) is 6.07 Å². The normalized spacial score (nSPS) is 11.4. The van der Waals surface area contributed by atoms with Gasteiger partial charge in [-0.15, -0.1) is 10.2 Å². The number of fused-ring (bicyclic) bond motifs is 1. The minimum Gasteiger partial charge on any atom is -0.497 e. The molecule has 0 aliphatic heterocycles. The number of hydrogen-bond donors (Lipinski definition) is 2. The third-order valence-corrected chi connectivity index (χ3v) is 4.84. The standard InChI is InChI=1S/C23H26N4O4/c1-15(2)11-12-27-19-10-9-17(31-3)13-18(19)21(23(27)30)26-25-20(28)14-24-22(29)16-7-5-4-6-8-16/h4-10,13,15,30H,11-12,14H2,1-3H3,(H,24,29). The summed E-state index contributed by atoms with van der Waals surface area (Å²) in [7, 11) is 1.55. The zero-order valence-electron chi connectivity index (χ0n) is 17.8. The Balaban J connectivity index is 1.80. The lowest BCUT2D eigenvalue weighted by molar-refractivity contribution is -0.117. The number of carbonyl (C=O) groups excluding carboxylic acids is 2. The molecule has 3 rings (SSSR count). The van der Waals surface area contributed by atoms with Crippen LogP contribution in [0, 0.1) is 5.92 Å². The van der Waals surface area contributed by atoms with Gasteiger partial charge < -0.3 is 19.7 Å². The molecule has 1 aromatic heterocycles. The molecular weight excluding hydrogens is 396 g/mol. The number of aromatic hydroxyl groups is 1. The maximum absolute atomic E-state index is 12.2. The maximum Gasteiger partial charge on any atom is 0.283 e. The molecule has 8 nitrogen and oxygen atoms in total. The van der Waals surface area contributed by atoms with Crippen LogP contribution in [0.5, 0.6) is 11.6 Å². The summed E-state index contributed by atoms with van der Waals surface area (Å²) in [5, 5.41) is 21.6. The molecule has 2 N–H and O–H groups in total. The van der Waals surface area contributed by atoms with Crippen molar-refractivity contribution in [3.05, 3.63) is 54.1 Å². The zero-order chi connectivity index (χ0) is 22.4. The summed E-state index contributed by atoms with van der Waals surface area (Å²) in [6.45, 7) is 4.51. The fourth-order valence-electron chi connectivity index (χ4n) is 3.13. The van der Waals surface area contributed by atoms with Crippen LogP contribution in [0.4, 0.5) is 5.69 Å². The molecule has 162 valence electrons. The number of nitrogens with one attached hydrogen (secondary N) is 1. The number of amides is 2. The molecule has 0 atom stereocenters. The highest BCUT2D eigenvalue weighted by Gasteiger charge is 2.18. The number of ether oxygens (including phenoxy) is 1. The van der Waals surface area contributed by atoms with Gasteiger partial charge in [0.1, 0.15) is 12.3 Å². The lowest BCUT2D eigenvalue weighted by atomic mass is 10.1. The minimum atomic E-state index is -0.630. The molecule has 0 spiro atoms. The van der Waals surface area contributed by atoms with Crippen LogP contribution in [0.15, 0.2) is 58.8 Å². The van der Waals surface area contributed by atoms with E-state index in [-0.39, 0.29) is 24.0 Å². The SMILES string of the molecule is COc1ccc2c(c1)c(N=NC(=O)CNC(=O)c1ccccc1)c(O)n2CCC(C)C. The quantitative estimate of drug-likeness (QED) is 0.524. The summed E-state index contributed by atoms with van der Waals surface area (Å²) in [6.07, 6.45) is 0.865. The van der Waals surface area contributed by atoms with Gasteiger partial charge in [-0.3, -0.25) is 9.59 Å². The molecule has 0 bridgehead atoms. The Morgan fingerprint density at radius 3 is 2.58 bits per heavy atom. The highest BCUT2D eigenvalue weighted by molar-refractivity contribution is 5.97. The Bertz CT molecular complexity index is 1100. The van der Waals surface area contributed by atoms with Crippen molar-refractivity contribution in [2.24, 2.45) is 16.1 Å². The highest BCUT2D eigenvalue weighted by atomic mass is 16.5. The van der Waals surface area contributed by atoms with Gasteiger partial charge in [-0.2, -0.15) is 0 Å². The average molecular weight is 422 g/mol. The van der Waals surface area contributed by atoms with Gasteiger partial charge in [0.15, 0.2) is 5.69 Å². The number of aromatic nitrogens is 1. The summed E-state index contributed by atoms with van der Waals surface area (Å²) in [4.78, 5) is 24.2. The van der Waals surface area contributed by atoms with E-state index in [1.165, 1.54) is 0 Å². The first-order valence-electron chi connectivity index (χ1n) is 10.1. The van der Waals surface area contributed by atoms with E-state index in [1.54, 1.807) is 54.1 Å². The second-order valence-corrected chi connectivity index (χ2v) is 7.53. The lowest BCUT2D eigenvalue weighted by Crippen LogP contribution is -2.28. The number of nitrogens with zero attached hydrogens (tertiary/aromatic N) is 3. The largest absolute Gasteiger partial charge is 0.497 e. The van der Waals surface area contributed by atoms with Crippen LogP contribution < -0.4 is 10.1 Å². The smallest absolute Gasteiger partial charge is 0.283 e. The molecule has 2 aromatic carbocycles. The van der Waals surface area contributed by atoms with Crippen molar-refractivity contribution < 1.29 is 19.4 Å². The van der Waals surface area contributed by atoms with Crippen molar-refractivity contribution in [1.29, 1.82) is 0 Å². The molecule has 31 heavy (non-hydrogen) atoms. The van der Waals surface area contributed by atoms with Gasteiger partial charge in [-0.25, -0.2) is 0 Å². The van der Waals surface area contributed by atoms with Gasteiger partial charge in [-0.05, 0) is 42.7 Å². The zero-order valence-corrected chi connectivity index (χ0v) is 17.8. The van der Waals surface area contributed by atoms with Gasteiger partial charge in [-0.1, -0.05) is 32.0 Å². The van der Waals surface area contributed by atoms with E-state index in [0.717, 1.165) is 11.9 Å². The van der Waals surface area contributed by atoms with Crippen molar-refractivity contribution in [3.63, 3.8) is 0 Å². The minimum absolute atomic E-state index is 0.0613. The average Bonchev–Trinajstić information content (AvgIpc) is 3.04. The number of carbonyl (C=O) groups is 2. The third-order valence-electron chi connectivity index (χ3n) is 4.84. The van der Waals surface area contributed by atoms with E-state index < -0.39 is 5.91 Å². The molecule has 3 aromatic rings. The predicted octanol–water partition coefficient (Wildman–Crippen LogP) is 4.44. The van der Waals surface area contributed by atoms with Crippen molar-refractivity contribution in [1.82, 2.24) is 9.88 Å². The van der Waals surface area contributed by atoms with E-state index >= 15 is 0 Å². The molecular formula is C23H26N4O4. The Labute approximate surface area is 180 Å². The van der Waals surface area contributed by atoms with Crippen molar-refractivity contribution >= 4 is 28.4 Å². The summed E-state index contributed by atoms with van der Waals surface area (Å²) >= 11 is 0. The van der Waals surface area contributed by atoms with E-state index in [2.05, 4.69) is 29.4 Å². The topological polar surface area (TPSA) is 105 Å². The Morgan fingerprint density at radius 1 is 1.16 bits per heavy atom. The molecule has 0 saturated carbocycles. The highest BCUT2D eigenvalue weighted by Crippen LogP contribution is 2.40. The third kappa shape index (κ3) is 5.28. The molecule has 0 radical (unpaired) electrons. The summed E-state index contributed by atoms with van der Waals surface area (Å²) in [6, 6.07) is 14.0. The fraction of sp³-hybridized carbons (Fsp3) is 0.304. The van der Waals surface area contributed by atoms with Crippen LogP contribution in [-0.4, -0.2) is 35.1 Å². The van der Waals surface area contributed by atoms with Crippen LogP contribution >= 0.6 is 0 Å². The van der Waals surface area contributed by atoms with E-state index in [0.29, 0.717) is 29.2 Å². The van der Waals surface area contributed by atoms with E-state index in [9.17, 15) is 14.7 Å². The number of hydrogen-bond acceptors (Lipinski definition) is 5. The van der Waals surface area contributed by atoms with Gasteiger partial charge >= 0.3 is 0 Å². The van der Waals surface area contributed by atoms with Crippen LogP contribution in [0.1, 0.15) is 30.6 Å². The van der Waals surface area contributed by atoms with Gasteiger partial charge in [0, 0.05) is 17.5 Å². The fourth-order valence-corrected chi connectivity index (χ4v) is 3.13. The molecule has 0 aliphatic carbocycles. The van der Waals surface area contributed by atoms with Gasteiger partial charge in [0.05, 0.1) is 12.6 Å². The number of benzene rings is 2. The molecule has 1 heterocycles. The van der Waals surface area contributed by atoms with Gasteiger partial charge in [0.2, 0.25) is 5.88 Å². The number of methoxy groups -OCH3 is 1. The summed E-state index contributed by atoms with van der Waals surface area (Å²) < 4.78 is 7.03. The van der Waals surface area contributed by atoms with Crippen LogP contribution in [0.25, 0.3) is 10.9 Å². The Kier molecular flexibility index (Phi) is 7.02. The second-order valence-electron chi connectivity index (χ2n) is 7.53. The van der Waals surface area contributed by atoms with Crippen LogP contribution in [0.3, 0.4) is 0 Å². The van der Waals surface area contributed by atoms with Crippen molar-refractivity contribution in [3.8, 4) is 11.6 Å². The molecule has 8 heteroatoms. The molecule has 2 amide bonds. The summed E-state index contributed by atoms with van der Waals surface area (Å²) in [5.74, 6) is -0.00755. The van der Waals surface area contributed by atoms with Crippen LogP contribution in [0.2, 0.25) is 0 Å². The first kappa shape index (κ1) is 22.0. The Hall–Kier alpha value is -3.68. The Morgan fingerprint density at radius 2 is 1.90 bits per heavy atom. The monoisotopic (exact) mass is 422 g/mol. The number of rotatable bonds is 8. The second kappa shape index (κ2) is 9.88. The molecule has 0 fully saturated rings. The van der Waals surface area contributed by atoms with Gasteiger partial charge in [0.25, 0.3) is 11.8 Å². The molecule has 0 aliphatic rings. The first-order chi connectivity index (χ1) is 14.9. The number of azo groups is 1. The van der Waals surface area contributed by atoms with Crippen molar-refractivity contribution in [2.45, 2.75) is 26.8 Å². The molecule has 0 unspecified atom stereocenters. The number of aryl methyl sites for hydroxylation is 1. The molecule has 0 saturated heterocycles. The first-order valence-corrected chi connectivity index (χ1v) is 10.1. The lowest BCUT2D eigenvalue weighted by Gasteiger charge is -2.09. The van der Waals surface area contributed by atoms with Crippen molar-refractivity contribution in [2.75, 3.05) is 13.7 Å². The predicted molar refractivity (Wildman–Crippen MR) is 118 cm³/mol. The van der Waals surface area contributed by atoms with Crippen LogP contribution in [-0.2, 0) is 11.3 Å². The summed E-state index contributed by atoms with van der Waals surface area (Å²) in [5.41, 5.74) is 1.42. The maximum atomic E-state index is 12.2.